The molecule has 2 aromatic heterocycles. The van der Waals surface area contributed by atoms with E-state index in [9.17, 15) is 4.79 Å². The Kier molecular flexibility index (Phi) is 6.51. The van der Waals surface area contributed by atoms with Crippen LogP contribution in [-0.4, -0.2) is 39.0 Å². The van der Waals surface area contributed by atoms with Crippen molar-refractivity contribution >= 4 is 29.0 Å². The summed E-state index contributed by atoms with van der Waals surface area (Å²) in [5.41, 5.74) is 3.13. The fraction of sp³-hybridized carbons (Fsp3) is 0.250. The van der Waals surface area contributed by atoms with E-state index in [1.165, 1.54) is 0 Å². The van der Waals surface area contributed by atoms with E-state index in [2.05, 4.69) is 35.9 Å². The minimum atomic E-state index is -0.294. The van der Waals surface area contributed by atoms with Gasteiger partial charge in [-0.05, 0) is 51.1 Å². The van der Waals surface area contributed by atoms with Crippen LogP contribution in [0.4, 0.5) is 23.1 Å². The van der Waals surface area contributed by atoms with Gasteiger partial charge >= 0.3 is 6.01 Å². The highest BCUT2D eigenvalue weighted by molar-refractivity contribution is 5.92. The Morgan fingerprint density at radius 2 is 1.76 bits per heavy atom. The molecule has 0 saturated heterocycles. The molecular formula is C20H23N7O2. The molecule has 0 fully saturated rings. The summed E-state index contributed by atoms with van der Waals surface area (Å²) >= 11 is 0. The van der Waals surface area contributed by atoms with Crippen LogP contribution in [-0.2, 0) is 4.79 Å². The van der Waals surface area contributed by atoms with Crippen molar-refractivity contribution < 1.29 is 9.53 Å². The van der Waals surface area contributed by atoms with Gasteiger partial charge in [-0.2, -0.15) is 4.98 Å². The van der Waals surface area contributed by atoms with Gasteiger partial charge in [0.1, 0.15) is 5.82 Å². The number of aryl methyl sites for hydroxylation is 2. The Morgan fingerprint density at radius 1 is 1.00 bits per heavy atom. The van der Waals surface area contributed by atoms with Gasteiger partial charge in [-0.25, -0.2) is 15.0 Å². The van der Waals surface area contributed by atoms with Crippen LogP contribution >= 0.6 is 0 Å². The topological polar surface area (TPSA) is 114 Å². The summed E-state index contributed by atoms with van der Waals surface area (Å²) in [6.45, 7) is 6.31. The molecule has 0 atom stereocenters. The van der Waals surface area contributed by atoms with Crippen molar-refractivity contribution in [1.82, 2.24) is 19.9 Å². The molecule has 3 aromatic rings. The first-order valence-electron chi connectivity index (χ1n) is 9.21. The molecule has 3 rings (SSSR count). The fourth-order valence-electron chi connectivity index (χ4n) is 2.48. The minimum absolute atomic E-state index is 0.170. The zero-order valence-electron chi connectivity index (χ0n) is 16.6. The molecule has 0 bridgehead atoms. The Balaban J connectivity index is 1.55. The number of carbonyl (C=O) groups is 1. The third kappa shape index (κ3) is 6.13. The van der Waals surface area contributed by atoms with Crippen molar-refractivity contribution in [3.63, 3.8) is 0 Å². The molecule has 2 heterocycles. The van der Waals surface area contributed by atoms with Gasteiger partial charge < -0.3 is 20.7 Å². The summed E-state index contributed by atoms with van der Waals surface area (Å²) in [6, 6.07) is 11.1. The second-order valence-electron chi connectivity index (χ2n) is 6.27. The van der Waals surface area contributed by atoms with Gasteiger partial charge in [0, 0.05) is 41.6 Å². The average Bonchev–Trinajstić information content (AvgIpc) is 2.68. The van der Waals surface area contributed by atoms with Gasteiger partial charge in [0.2, 0.25) is 5.95 Å². The predicted octanol–water partition coefficient (Wildman–Crippen LogP) is 3.08. The van der Waals surface area contributed by atoms with Crippen LogP contribution in [0.15, 0.2) is 42.6 Å². The van der Waals surface area contributed by atoms with Crippen molar-refractivity contribution in [3.8, 4) is 6.01 Å². The van der Waals surface area contributed by atoms with Gasteiger partial charge in [-0.3, -0.25) is 4.79 Å². The molecule has 9 heteroatoms. The van der Waals surface area contributed by atoms with Crippen molar-refractivity contribution in [2.24, 2.45) is 0 Å². The number of nitrogens with one attached hydrogen (secondary N) is 3. The molecule has 0 saturated carbocycles. The molecule has 0 unspecified atom stereocenters. The SMILES string of the molecule is CCNc1nc(C)cc(Nc2ccc(NC(=O)COc3nccc(C)n3)cc2)n1. The zero-order valence-corrected chi connectivity index (χ0v) is 16.6. The normalized spacial score (nSPS) is 10.3. The zero-order chi connectivity index (χ0) is 20.6. The van der Waals surface area contributed by atoms with E-state index < -0.39 is 0 Å². The lowest BCUT2D eigenvalue weighted by Gasteiger charge is -2.10. The van der Waals surface area contributed by atoms with Crippen molar-refractivity contribution in [3.05, 3.63) is 54.0 Å². The Morgan fingerprint density at radius 3 is 2.48 bits per heavy atom. The number of carbonyl (C=O) groups excluding carboxylic acids is 1. The molecule has 1 aromatic carbocycles. The molecule has 0 aliphatic heterocycles. The van der Waals surface area contributed by atoms with Gasteiger partial charge in [-0.15, -0.1) is 0 Å². The first kappa shape index (κ1) is 20.0. The van der Waals surface area contributed by atoms with E-state index in [1.54, 1.807) is 24.4 Å². The number of ether oxygens (including phenoxy) is 1. The number of rotatable bonds is 8. The summed E-state index contributed by atoms with van der Waals surface area (Å²) in [5.74, 6) is 0.978. The maximum Gasteiger partial charge on any atom is 0.317 e. The third-order valence-electron chi connectivity index (χ3n) is 3.74. The standard InChI is InChI=1S/C20H23N7O2/c1-4-21-19-23-14(3)11-17(27-19)25-15-5-7-16(8-6-15)26-18(28)12-29-20-22-10-9-13(2)24-20/h5-11H,4,12H2,1-3H3,(H,26,28)(H2,21,23,25,27). The number of aromatic nitrogens is 4. The molecule has 0 aliphatic carbocycles. The second-order valence-corrected chi connectivity index (χ2v) is 6.27. The maximum absolute atomic E-state index is 12.1. The van der Waals surface area contributed by atoms with E-state index in [4.69, 9.17) is 4.74 Å². The number of anilines is 4. The van der Waals surface area contributed by atoms with Crippen LogP contribution < -0.4 is 20.7 Å². The van der Waals surface area contributed by atoms with Crippen LogP contribution in [0, 0.1) is 13.8 Å². The number of benzene rings is 1. The lowest BCUT2D eigenvalue weighted by Crippen LogP contribution is -2.20. The largest absolute Gasteiger partial charge is 0.453 e. The van der Waals surface area contributed by atoms with Crippen molar-refractivity contribution in [2.45, 2.75) is 20.8 Å². The molecule has 150 valence electrons. The third-order valence-corrected chi connectivity index (χ3v) is 3.74. The quantitative estimate of drug-likeness (QED) is 0.535. The molecule has 29 heavy (non-hydrogen) atoms. The van der Waals surface area contributed by atoms with Crippen LogP contribution in [0.1, 0.15) is 18.3 Å². The summed E-state index contributed by atoms with van der Waals surface area (Å²) in [7, 11) is 0. The summed E-state index contributed by atoms with van der Waals surface area (Å²) in [4.78, 5) is 28.8. The van der Waals surface area contributed by atoms with E-state index >= 15 is 0 Å². The van der Waals surface area contributed by atoms with E-state index in [0.717, 1.165) is 23.6 Å². The summed E-state index contributed by atoms with van der Waals surface area (Å²) in [5, 5.41) is 9.10. The van der Waals surface area contributed by atoms with E-state index in [0.29, 0.717) is 17.5 Å². The lowest BCUT2D eigenvalue weighted by molar-refractivity contribution is -0.118. The molecule has 3 N–H and O–H groups in total. The fourth-order valence-corrected chi connectivity index (χ4v) is 2.48. The van der Waals surface area contributed by atoms with Crippen LogP contribution in [0.2, 0.25) is 0 Å². The number of amides is 1. The van der Waals surface area contributed by atoms with Gasteiger partial charge in [-0.1, -0.05) is 0 Å². The first-order chi connectivity index (χ1) is 14.0. The predicted molar refractivity (Wildman–Crippen MR) is 112 cm³/mol. The monoisotopic (exact) mass is 393 g/mol. The Hall–Kier alpha value is -3.75. The van der Waals surface area contributed by atoms with Crippen LogP contribution in [0.25, 0.3) is 0 Å². The maximum atomic E-state index is 12.1. The van der Waals surface area contributed by atoms with Gasteiger partial charge in [0.15, 0.2) is 6.61 Å². The highest BCUT2D eigenvalue weighted by atomic mass is 16.5. The van der Waals surface area contributed by atoms with Crippen LogP contribution in [0.3, 0.4) is 0 Å². The first-order valence-corrected chi connectivity index (χ1v) is 9.21. The molecule has 0 radical (unpaired) electrons. The Bertz CT molecular complexity index is 977. The summed E-state index contributed by atoms with van der Waals surface area (Å²) in [6.07, 6.45) is 1.59. The minimum Gasteiger partial charge on any atom is -0.453 e. The molecule has 0 spiro atoms. The van der Waals surface area contributed by atoms with Crippen LogP contribution in [0.5, 0.6) is 6.01 Å². The smallest absolute Gasteiger partial charge is 0.317 e. The molecule has 9 nitrogen and oxygen atoms in total. The molecule has 1 amide bonds. The number of nitrogens with zero attached hydrogens (tertiary/aromatic N) is 4. The number of hydrogen-bond donors (Lipinski definition) is 3. The molecule has 0 aliphatic rings. The summed E-state index contributed by atoms with van der Waals surface area (Å²) < 4.78 is 5.30. The van der Waals surface area contributed by atoms with Crippen molar-refractivity contribution in [2.75, 3.05) is 29.1 Å². The van der Waals surface area contributed by atoms with E-state index in [1.807, 2.05) is 39.0 Å². The highest BCUT2D eigenvalue weighted by Crippen LogP contribution is 2.19. The lowest BCUT2D eigenvalue weighted by atomic mass is 10.2. The highest BCUT2D eigenvalue weighted by Gasteiger charge is 2.06. The van der Waals surface area contributed by atoms with Gasteiger partial charge in [0.25, 0.3) is 5.91 Å². The second kappa shape index (κ2) is 9.45. The van der Waals surface area contributed by atoms with Gasteiger partial charge in [0.05, 0.1) is 0 Å². The number of hydrogen-bond acceptors (Lipinski definition) is 8. The average molecular weight is 393 g/mol. The van der Waals surface area contributed by atoms with E-state index in [-0.39, 0.29) is 18.5 Å². The van der Waals surface area contributed by atoms with Crippen molar-refractivity contribution in [1.29, 1.82) is 0 Å². The Labute approximate surface area is 169 Å². The molecular weight excluding hydrogens is 370 g/mol.